The Morgan fingerprint density at radius 2 is 2.04 bits per heavy atom. The second-order valence-electron chi connectivity index (χ2n) is 6.25. The molecule has 0 aromatic carbocycles. The Morgan fingerprint density at radius 3 is 2.88 bits per heavy atom. The van der Waals surface area contributed by atoms with Gasteiger partial charge in [0.2, 0.25) is 0 Å². The molecule has 3 N–H and O–H groups in total. The number of nitrogens with one attached hydrogen (secondary N) is 1. The fraction of sp³-hybridized carbons (Fsp3) is 0.375. The number of aromatic nitrogens is 5. The van der Waals surface area contributed by atoms with Crippen molar-refractivity contribution in [1.82, 2.24) is 24.7 Å². The van der Waals surface area contributed by atoms with Gasteiger partial charge in [0, 0.05) is 18.2 Å². The van der Waals surface area contributed by atoms with Crippen molar-refractivity contribution in [2.75, 3.05) is 5.32 Å². The van der Waals surface area contributed by atoms with Crippen molar-refractivity contribution < 1.29 is 8.78 Å². The maximum absolute atomic E-state index is 14.1. The van der Waals surface area contributed by atoms with Crippen molar-refractivity contribution >= 4 is 16.9 Å². The number of rotatable bonds is 3. The van der Waals surface area contributed by atoms with Crippen LogP contribution in [0.5, 0.6) is 0 Å². The van der Waals surface area contributed by atoms with E-state index in [1.54, 1.807) is 0 Å². The Labute approximate surface area is 142 Å². The van der Waals surface area contributed by atoms with Crippen molar-refractivity contribution in [3.8, 4) is 5.95 Å². The first-order valence-electron chi connectivity index (χ1n) is 8.14. The van der Waals surface area contributed by atoms with E-state index in [1.807, 2.05) is 0 Å². The molecule has 7 nitrogen and oxygen atoms in total. The second kappa shape index (κ2) is 6.32. The van der Waals surface area contributed by atoms with E-state index in [-0.39, 0.29) is 23.8 Å². The van der Waals surface area contributed by atoms with Gasteiger partial charge in [-0.3, -0.25) is 0 Å². The SMILES string of the molecule is N[C@@H]1CCC[C@H](Nc2nc(-n3ncc4ncc(F)cc43)ncc2F)C1. The number of nitrogens with two attached hydrogens (primary N) is 1. The third-order valence-electron chi connectivity index (χ3n) is 4.36. The largest absolute Gasteiger partial charge is 0.365 e. The summed E-state index contributed by atoms with van der Waals surface area (Å²) in [7, 11) is 0. The van der Waals surface area contributed by atoms with Crippen LogP contribution in [-0.2, 0) is 0 Å². The minimum atomic E-state index is -0.552. The molecule has 3 heterocycles. The first kappa shape index (κ1) is 15.8. The zero-order valence-electron chi connectivity index (χ0n) is 13.4. The summed E-state index contributed by atoms with van der Waals surface area (Å²) in [5, 5.41) is 7.23. The average Bonchev–Trinajstić information content (AvgIpc) is 3.00. The minimum absolute atomic E-state index is 0.0643. The van der Waals surface area contributed by atoms with Crippen LogP contribution in [0.3, 0.4) is 0 Å². The lowest BCUT2D eigenvalue weighted by Gasteiger charge is -2.27. The number of anilines is 1. The summed E-state index contributed by atoms with van der Waals surface area (Å²) in [4.78, 5) is 12.1. The fourth-order valence-corrected chi connectivity index (χ4v) is 3.16. The van der Waals surface area contributed by atoms with Crippen LogP contribution >= 0.6 is 0 Å². The van der Waals surface area contributed by atoms with Crippen molar-refractivity contribution in [2.45, 2.75) is 37.8 Å². The first-order valence-corrected chi connectivity index (χ1v) is 8.14. The molecule has 0 aliphatic heterocycles. The number of hydrogen-bond donors (Lipinski definition) is 2. The van der Waals surface area contributed by atoms with Gasteiger partial charge in [0.15, 0.2) is 11.6 Å². The highest BCUT2D eigenvalue weighted by molar-refractivity contribution is 5.75. The molecule has 0 saturated heterocycles. The van der Waals surface area contributed by atoms with Gasteiger partial charge in [0.05, 0.1) is 24.1 Å². The van der Waals surface area contributed by atoms with E-state index in [4.69, 9.17) is 5.73 Å². The van der Waals surface area contributed by atoms with Crippen molar-refractivity contribution in [3.05, 3.63) is 36.3 Å². The lowest BCUT2D eigenvalue weighted by atomic mass is 9.92. The highest BCUT2D eigenvalue weighted by Crippen LogP contribution is 2.23. The molecule has 3 aromatic heterocycles. The molecule has 1 saturated carbocycles. The predicted molar refractivity (Wildman–Crippen MR) is 88.2 cm³/mol. The summed E-state index contributed by atoms with van der Waals surface area (Å²) in [6.45, 7) is 0. The molecule has 9 heteroatoms. The van der Waals surface area contributed by atoms with Gasteiger partial charge >= 0.3 is 0 Å². The highest BCUT2D eigenvalue weighted by Gasteiger charge is 2.21. The number of hydrogen-bond acceptors (Lipinski definition) is 6. The van der Waals surface area contributed by atoms with E-state index in [2.05, 4.69) is 25.4 Å². The van der Waals surface area contributed by atoms with Crippen LogP contribution in [0.1, 0.15) is 25.7 Å². The summed E-state index contributed by atoms with van der Waals surface area (Å²) >= 11 is 0. The Kier molecular flexibility index (Phi) is 4.00. The van der Waals surface area contributed by atoms with E-state index in [1.165, 1.54) is 16.9 Å². The number of halogens is 2. The molecule has 130 valence electrons. The molecule has 1 aliphatic rings. The van der Waals surface area contributed by atoms with Gasteiger partial charge in [-0.2, -0.15) is 14.8 Å². The molecule has 1 fully saturated rings. The number of pyridine rings is 1. The molecule has 2 atom stereocenters. The summed E-state index contributed by atoms with van der Waals surface area (Å²) in [6.07, 6.45) is 7.31. The average molecular weight is 345 g/mol. The van der Waals surface area contributed by atoms with Crippen molar-refractivity contribution in [1.29, 1.82) is 0 Å². The maximum atomic E-state index is 14.1. The Balaban J connectivity index is 1.67. The van der Waals surface area contributed by atoms with Crippen LogP contribution in [0.15, 0.2) is 24.7 Å². The van der Waals surface area contributed by atoms with Crippen LogP contribution in [0.25, 0.3) is 17.0 Å². The van der Waals surface area contributed by atoms with Gasteiger partial charge in [-0.05, 0) is 25.7 Å². The summed E-state index contributed by atoms with van der Waals surface area (Å²) in [5.41, 5.74) is 6.89. The molecule has 4 rings (SSSR count). The van der Waals surface area contributed by atoms with Gasteiger partial charge in [0.1, 0.15) is 11.3 Å². The molecular formula is C16H17F2N7. The minimum Gasteiger partial charge on any atom is -0.365 e. The number of fused-ring (bicyclic) bond motifs is 1. The van der Waals surface area contributed by atoms with Gasteiger partial charge in [-0.15, -0.1) is 0 Å². The lowest BCUT2D eigenvalue weighted by molar-refractivity contribution is 0.407. The van der Waals surface area contributed by atoms with Crippen LogP contribution in [0.4, 0.5) is 14.6 Å². The highest BCUT2D eigenvalue weighted by atomic mass is 19.1. The topological polar surface area (TPSA) is 94.5 Å². The molecule has 3 aromatic rings. The third kappa shape index (κ3) is 3.14. The monoisotopic (exact) mass is 345 g/mol. The van der Waals surface area contributed by atoms with Crippen LogP contribution < -0.4 is 11.1 Å². The van der Waals surface area contributed by atoms with Gasteiger partial charge in [-0.1, -0.05) is 0 Å². The van der Waals surface area contributed by atoms with Gasteiger partial charge in [0.25, 0.3) is 5.95 Å². The maximum Gasteiger partial charge on any atom is 0.253 e. The molecule has 0 amide bonds. The fourth-order valence-electron chi connectivity index (χ4n) is 3.16. The smallest absolute Gasteiger partial charge is 0.253 e. The Morgan fingerprint density at radius 1 is 1.16 bits per heavy atom. The van der Waals surface area contributed by atoms with E-state index in [0.29, 0.717) is 11.0 Å². The van der Waals surface area contributed by atoms with Gasteiger partial charge in [-0.25, -0.2) is 18.7 Å². The normalized spacial score (nSPS) is 20.8. The third-order valence-corrected chi connectivity index (χ3v) is 4.36. The predicted octanol–water partition coefficient (Wildman–Crippen LogP) is 2.17. The summed E-state index contributed by atoms with van der Waals surface area (Å²) < 4.78 is 28.9. The van der Waals surface area contributed by atoms with E-state index in [9.17, 15) is 8.78 Å². The quantitative estimate of drug-likeness (QED) is 0.755. The molecule has 25 heavy (non-hydrogen) atoms. The first-order chi connectivity index (χ1) is 12.1. The zero-order chi connectivity index (χ0) is 17.4. The van der Waals surface area contributed by atoms with E-state index in [0.717, 1.165) is 38.1 Å². The van der Waals surface area contributed by atoms with Crippen molar-refractivity contribution in [3.63, 3.8) is 0 Å². The Hall–Kier alpha value is -2.68. The zero-order valence-corrected chi connectivity index (χ0v) is 13.4. The molecule has 0 spiro atoms. The molecule has 0 unspecified atom stereocenters. The van der Waals surface area contributed by atoms with Crippen LogP contribution in [0, 0.1) is 11.6 Å². The molecular weight excluding hydrogens is 328 g/mol. The second-order valence-corrected chi connectivity index (χ2v) is 6.25. The van der Waals surface area contributed by atoms with E-state index < -0.39 is 11.6 Å². The van der Waals surface area contributed by atoms with Gasteiger partial charge < -0.3 is 11.1 Å². The van der Waals surface area contributed by atoms with Crippen molar-refractivity contribution in [2.24, 2.45) is 5.73 Å². The molecule has 0 bridgehead atoms. The standard InChI is InChI=1S/C16H17F2N7/c17-9-4-14-13(20-6-9)8-22-25(14)16-21-7-12(18)15(24-16)23-11-3-1-2-10(19)5-11/h4,6-8,10-11H,1-3,5,19H2,(H,21,23,24)/t10-,11+/m1/s1. The molecule has 0 radical (unpaired) electrons. The van der Waals surface area contributed by atoms with Crippen LogP contribution in [0.2, 0.25) is 0 Å². The summed E-state index contributed by atoms with van der Waals surface area (Å²) in [5.74, 6) is -0.807. The number of nitrogens with zero attached hydrogens (tertiary/aromatic N) is 5. The van der Waals surface area contributed by atoms with E-state index >= 15 is 0 Å². The lowest BCUT2D eigenvalue weighted by Crippen LogP contribution is -2.35. The summed E-state index contributed by atoms with van der Waals surface area (Å²) in [6, 6.07) is 1.46. The van der Waals surface area contributed by atoms with Crippen LogP contribution in [-0.4, -0.2) is 36.8 Å². The molecule has 1 aliphatic carbocycles. The Bertz CT molecular complexity index is 911.